The van der Waals surface area contributed by atoms with Gasteiger partial charge in [-0.3, -0.25) is 4.98 Å². The molecule has 4 nitrogen and oxygen atoms in total. The Morgan fingerprint density at radius 1 is 1.11 bits per heavy atom. The summed E-state index contributed by atoms with van der Waals surface area (Å²) >= 11 is 0. The highest BCUT2D eigenvalue weighted by Gasteiger charge is 2.11. The van der Waals surface area contributed by atoms with Crippen molar-refractivity contribution in [1.82, 2.24) is 4.98 Å². The van der Waals surface area contributed by atoms with E-state index in [1.165, 1.54) is 11.8 Å². The SMILES string of the molecule is CCc1ccc(COc2cncc(B(O)O)c2)cc1. The number of ether oxygens (including phenoxy) is 1. The monoisotopic (exact) mass is 257 g/mol. The van der Waals surface area contributed by atoms with Crippen LogP contribution in [0.2, 0.25) is 0 Å². The first-order valence-corrected chi connectivity index (χ1v) is 6.20. The third-order valence-electron chi connectivity index (χ3n) is 2.87. The number of hydrogen-bond donors (Lipinski definition) is 2. The molecular formula is C14H16BNO3. The minimum Gasteiger partial charge on any atom is -0.487 e. The fraction of sp³-hybridized carbons (Fsp3) is 0.214. The van der Waals surface area contributed by atoms with Gasteiger partial charge in [0.05, 0.1) is 6.20 Å². The Balaban J connectivity index is 1.99. The minimum absolute atomic E-state index is 0.318. The van der Waals surface area contributed by atoms with E-state index in [4.69, 9.17) is 14.8 Å². The van der Waals surface area contributed by atoms with Crippen molar-refractivity contribution in [3.8, 4) is 5.75 Å². The normalized spacial score (nSPS) is 10.3. The second-order valence-electron chi connectivity index (χ2n) is 4.29. The molecule has 1 aromatic heterocycles. The van der Waals surface area contributed by atoms with Crippen molar-refractivity contribution < 1.29 is 14.8 Å². The zero-order valence-corrected chi connectivity index (χ0v) is 10.8. The lowest BCUT2D eigenvalue weighted by molar-refractivity contribution is 0.305. The predicted octanol–water partition coefficient (Wildman–Crippen LogP) is 0.903. The largest absolute Gasteiger partial charge is 0.490 e. The van der Waals surface area contributed by atoms with Crippen LogP contribution in [0.4, 0.5) is 0 Å². The van der Waals surface area contributed by atoms with Crippen LogP contribution in [0.25, 0.3) is 0 Å². The first-order chi connectivity index (χ1) is 9.19. The van der Waals surface area contributed by atoms with E-state index in [-0.39, 0.29) is 0 Å². The van der Waals surface area contributed by atoms with Crippen LogP contribution in [0.15, 0.2) is 42.7 Å². The van der Waals surface area contributed by atoms with E-state index in [0.717, 1.165) is 12.0 Å². The number of hydrogen-bond acceptors (Lipinski definition) is 4. The van der Waals surface area contributed by atoms with Crippen LogP contribution in [0.5, 0.6) is 5.75 Å². The van der Waals surface area contributed by atoms with Gasteiger partial charge in [0.15, 0.2) is 0 Å². The van der Waals surface area contributed by atoms with Crippen LogP contribution in [0.3, 0.4) is 0 Å². The van der Waals surface area contributed by atoms with E-state index in [1.54, 1.807) is 12.3 Å². The molecule has 0 aliphatic rings. The molecule has 19 heavy (non-hydrogen) atoms. The van der Waals surface area contributed by atoms with Gasteiger partial charge >= 0.3 is 7.12 Å². The van der Waals surface area contributed by atoms with Crippen molar-refractivity contribution in [2.75, 3.05) is 0 Å². The summed E-state index contributed by atoms with van der Waals surface area (Å²) < 4.78 is 5.57. The zero-order chi connectivity index (χ0) is 13.7. The number of nitrogens with zero attached hydrogens (tertiary/aromatic N) is 1. The highest BCUT2D eigenvalue weighted by Crippen LogP contribution is 2.11. The molecule has 0 aliphatic carbocycles. The highest BCUT2D eigenvalue weighted by atomic mass is 16.5. The van der Waals surface area contributed by atoms with Crippen molar-refractivity contribution in [2.45, 2.75) is 20.0 Å². The molecule has 0 atom stereocenters. The van der Waals surface area contributed by atoms with Gasteiger partial charge in [0.25, 0.3) is 0 Å². The Hall–Kier alpha value is -1.85. The number of benzene rings is 1. The molecule has 98 valence electrons. The number of aromatic nitrogens is 1. The first-order valence-electron chi connectivity index (χ1n) is 6.20. The van der Waals surface area contributed by atoms with Gasteiger partial charge in [0.2, 0.25) is 0 Å². The second-order valence-corrected chi connectivity index (χ2v) is 4.29. The lowest BCUT2D eigenvalue weighted by Crippen LogP contribution is -2.30. The summed E-state index contributed by atoms with van der Waals surface area (Å²) in [4.78, 5) is 3.90. The van der Waals surface area contributed by atoms with E-state index in [1.807, 2.05) is 12.1 Å². The second kappa shape index (κ2) is 6.36. The van der Waals surface area contributed by atoms with E-state index < -0.39 is 7.12 Å². The smallest absolute Gasteiger partial charge is 0.487 e. The van der Waals surface area contributed by atoms with Gasteiger partial charge in [-0.15, -0.1) is 0 Å². The molecule has 0 bridgehead atoms. The van der Waals surface area contributed by atoms with Gasteiger partial charge in [-0.25, -0.2) is 0 Å². The van der Waals surface area contributed by atoms with Gasteiger partial charge in [-0.05, 0) is 23.6 Å². The highest BCUT2D eigenvalue weighted by molar-refractivity contribution is 6.58. The van der Waals surface area contributed by atoms with E-state index in [9.17, 15) is 0 Å². The number of pyridine rings is 1. The molecule has 0 fully saturated rings. The fourth-order valence-corrected chi connectivity index (χ4v) is 1.69. The molecule has 2 aromatic rings. The molecule has 2 N–H and O–H groups in total. The van der Waals surface area contributed by atoms with Crippen LogP contribution < -0.4 is 10.2 Å². The van der Waals surface area contributed by atoms with Gasteiger partial charge in [-0.1, -0.05) is 31.2 Å². The van der Waals surface area contributed by atoms with E-state index in [2.05, 4.69) is 24.0 Å². The Bertz CT molecular complexity index is 528. The van der Waals surface area contributed by atoms with Crippen molar-refractivity contribution in [3.63, 3.8) is 0 Å². The predicted molar refractivity (Wildman–Crippen MR) is 74.2 cm³/mol. The van der Waals surface area contributed by atoms with Crippen molar-refractivity contribution in [3.05, 3.63) is 53.9 Å². The fourth-order valence-electron chi connectivity index (χ4n) is 1.69. The third kappa shape index (κ3) is 3.81. The summed E-state index contributed by atoms with van der Waals surface area (Å²) in [6.07, 6.45) is 3.96. The third-order valence-corrected chi connectivity index (χ3v) is 2.87. The molecule has 1 aromatic carbocycles. The standard InChI is InChI=1S/C14H16BNO3/c1-2-11-3-5-12(6-4-11)10-19-14-7-13(15(17)18)8-16-9-14/h3-9,17-18H,2,10H2,1H3. The maximum Gasteiger partial charge on any atom is 0.490 e. The average Bonchev–Trinajstić information content (AvgIpc) is 2.46. The lowest BCUT2D eigenvalue weighted by atomic mass is 9.82. The number of rotatable bonds is 5. The Morgan fingerprint density at radius 3 is 2.42 bits per heavy atom. The molecule has 0 unspecified atom stereocenters. The molecule has 0 aliphatic heterocycles. The van der Waals surface area contributed by atoms with Crippen LogP contribution in [-0.2, 0) is 13.0 Å². The molecule has 0 saturated heterocycles. The summed E-state index contributed by atoms with van der Waals surface area (Å²) in [5.74, 6) is 0.519. The molecule has 0 spiro atoms. The van der Waals surface area contributed by atoms with Gasteiger partial charge in [-0.2, -0.15) is 0 Å². The van der Waals surface area contributed by atoms with Crippen LogP contribution in [0.1, 0.15) is 18.1 Å². The van der Waals surface area contributed by atoms with Crippen molar-refractivity contribution >= 4 is 12.6 Å². The zero-order valence-electron chi connectivity index (χ0n) is 10.8. The Labute approximate surface area is 112 Å². The molecule has 0 amide bonds. The average molecular weight is 257 g/mol. The summed E-state index contributed by atoms with van der Waals surface area (Å²) in [6.45, 7) is 2.54. The minimum atomic E-state index is -1.53. The van der Waals surface area contributed by atoms with Crippen molar-refractivity contribution in [2.24, 2.45) is 0 Å². The number of aryl methyl sites for hydroxylation is 1. The molecule has 2 rings (SSSR count). The van der Waals surface area contributed by atoms with Gasteiger partial charge < -0.3 is 14.8 Å². The quantitative estimate of drug-likeness (QED) is 0.781. The Morgan fingerprint density at radius 2 is 1.79 bits per heavy atom. The lowest BCUT2D eigenvalue weighted by Gasteiger charge is -2.08. The topological polar surface area (TPSA) is 62.6 Å². The van der Waals surface area contributed by atoms with Crippen LogP contribution in [0, 0.1) is 0 Å². The maximum atomic E-state index is 9.05. The molecule has 5 heteroatoms. The molecular weight excluding hydrogens is 241 g/mol. The van der Waals surface area contributed by atoms with Crippen LogP contribution >= 0.6 is 0 Å². The summed E-state index contributed by atoms with van der Waals surface area (Å²) in [5, 5.41) is 18.1. The molecule has 1 heterocycles. The summed E-state index contributed by atoms with van der Waals surface area (Å²) in [7, 11) is -1.53. The summed E-state index contributed by atoms with van der Waals surface area (Å²) in [5.41, 5.74) is 2.67. The molecule has 0 radical (unpaired) electrons. The molecule has 0 saturated carbocycles. The van der Waals surface area contributed by atoms with Gasteiger partial charge in [0, 0.05) is 11.7 Å². The first kappa shape index (κ1) is 13.6. The Kier molecular flexibility index (Phi) is 4.55. The van der Waals surface area contributed by atoms with Crippen molar-refractivity contribution in [1.29, 1.82) is 0 Å². The van der Waals surface area contributed by atoms with Crippen LogP contribution in [-0.4, -0.2) is 22.2 Å². The van der Waals surface area contributed by atoms with E-state index >= 15 is 0 Å². The maximum absolute atomic E-state index is 9.05. The van der Waals surface area contributed by atoms with Gasteiger partial charge in [0.1, 0.15) is 12.4 Å². The van der Waals surface area contributed by atoms with E-state index in [0.29, 0.717) is 17.8 Å². The summed E-state index contributed by atoms with van der Waals surface area (Å²) in [6, 6.07) is 9.77.